The Balaban J connectivity index is 2.52. The minimum Gasteiger partial charge on any atom is -0.481 e. The van der Waals surface area contributed by atoms with Gasteiger partial charge in [-0.25, -0.2) is 13.1 Å². The van der Waals surface area contributed by atoms with Gasteiger partial charge in [-0.15, -0.1) is 0 Å². The summed E-state index contributed by atoms with van der Waals surface area (Å²) >= 11 is 0. The maximum absolute atomic E-state index is 12.1. The predicted molar refractivity (Wildman–Crippen MR) is 78.1 cm³/mol. The van der Waals surface area contributed by atoms with Gasteiger partial charge in [-0.2, -0.15) is 0 Å². The van der Waals surface area contributed by atoms with Crippen LogP contribution in [-0.2, 0) is 19.6 Å². The van der Waals surface area contributed by atoms with Crippen molar-refractivity contribution >= 4 is 21.9 Å². The number of carbonyl (C=O) groups is 2. The first-order valence-corrected chi connectivity index (χ1v) is 8.93. The fourth-order valence-corrected chi connectivity index (χ4v) is 3.73. The molecular formula is C13H24N2O5S. The van der Waals surface area contributed by atoms with Gasteiger partial charge in [0.15, 0.2) is 0 Å². The highest BCUT2D eigenvalue weighted by atomic mass is 32.2. The zero-order chi connectivity index (χ0) is 16.0. The van der Waals surface area contributed by atoms with Gasteiger partial charge in [0.2, 0.25) is 15.9 Å². The minimum atomic E-state index is -3.38. The van der Waals surface area contributed by atoms with E-state index in [2.05, 4.69) is 10.0 Å². The van der Waals surface area contributed by atoms with Crippen LogP contribution < -0.4 is 10.0 Å². The Bertz CT molecular complexity index is 477. The third-order valence-corrected chi connectivity index (χ3v) is 5.40. The summed E-state index contributed by atoms with van der Waals surface area (Å²) < 4.78 is 25.2. The Hall–Kier alpha value is -1.15. The molecular weight excluding hydrogens is 296 g/mol. The number of sulfonamides is 1. The van der Waals surface area contributed by atoms with Gasteiger partial charge in [0.05, 0.1) is 17.6 Å². The molecule has 0 bridgehead atoms. The Morgan fingerprint density at radius 2 is 1.81 bits per heavy atom. The van der Waals surface area contributed by atoms with Crippen LogP contribution in [0.2, 0.25) is 0 Å². The lowest BCUT2D eigenvalue weighted by Crippen LogP contribution is -2.39. The van der Waals surface area contributed by atoms with E-state index in [1.165, 1.54) is 0 Å². The second kappa shape index (κ2) is 7.74. The first-order chi connectivity index (χ1) is 9.80. The van der Waals surface area contributed by atoms with E-state index >= 15 is 0 Å². The largest absolute Gasteiger partial charge is 0.481 e. The highest BCUT2D eigenvalue weighted by Crippen LogP contribution is 2.38. The number of carboxylic acid groups (broad SMARTS) is 1. The summed E-state index contributed by atoms with van der Waals surface area (Å²) in [5, 5.41) is 11.7. The molecule has 3 N–H and O–H groups in total. The highest BCUT2D eigenvalue weighted by Gasteiger charge is 2.41. The average molecular weight is 320 g/mol. The normalized spacial score (nSPS) is 25.7. The average Bonchev–Trinajstić information content (AvgIpc) is 2.82. The Morgan fingerprint density at radius 3 is 2.33 bits per heavy atom. The summed E-state index contributed by atoms with van der Waals surface area (Å²) in [6, 6.07) is 0. The van der Waals surface area contributed by atoms with Crippen molar-refractivity contribution in [2.24, 2.45) is 17.8 Å². The van der Waals surface area contributed by atoms with Crippen LogP contribution in [0.15, 0.2) is 0 Å². The van der Waals surface area contributed by atoms with Crippen molar-refractivity contribution in [1.82, 2.24) is 10.0 Å². The SMILES string of the molecule is CCNS(=O)(=O)CCNC(=O)[C@H]1CC(CC)C[C@H]1C(=O)O. The molecule has 0 heterocycles. The number of carbonyl (C=O) groups excluding carboxylic acids is 1. The van der Waals surface area contributed by atoms with Crippen molar-refractivity contribution in [1.29, 1.82) is 0 Å². The van der Waals surface area contributed by atoms with Crippen molar-refractivity contribution in [2.75, 3.05) is 18.8 Å². The first kappa shape index (κ1) is 17.9. The van der Waals surface area contributed by atoms with Crippen LogP contribution in [0, 0.1) is 17.8 Å². The van der Waals surface area contributed by atoms with Crippen LogP contribution in [-0.4, -0.2) is 44.2 Å². The van der Waals surface area contributed by atoms with Gasteiger partial charge in [0.1, 0.15) is 0 Å². The zero-order valence-electron chi connectivity index (χ0n) is 12.5. The number of rotatable bonds is 8. The number of hydrogen-bond acceptors (Lipinski definition) is 4. The summed E-state index contributed by atoms with van der Waals surface area (Å²) in [6.07, 6.45) is 1.92. The van der Waals surface area contributed by atoms with Crippen molar-refractivity contribution < 1.29 is 23.1 Å². The van der Waals surface area contributed by atoms with E-state index in [0.717, 1.165) is 6.42 Å². The van der Waals surface area contributed by atoms with Crippen LogP contribution in [0.3, 0.4) is 0 Å². The van der Waals surface area contributed by atoms with Crippen LogP contribution in [0.1, 0.15) is 33.1 Å². The van der Waals surface area contributed by atoms with Gasteiger partial charge < -0.3 is 10.4 Å². The smallest absolute Gasteiger partial charge is 0.307 e. The van der Waals surface area contributed by atoms with Crippen LogP contribution in [0.25, 0.3) is 0 Å². The molecule has 0 aromatic carbocycles. The summed E-state index contributed by atoms with van der Waals surface area (Å²) in [5.41, 5.74) is 0. The van der Waals surface area contributed by atoms with Crippen LogP contribution >= 0.6 is 0 Å². The topological polar surface area (TPSA) is 113 Å². The Morgan fingerprint density at radius 1 is 1.19 bits per heavy atom. The molecule has 0 aromatic rings. The van der Waals surface area contributed by atoms with Gasteiger partial charge in [0.25, 0.3) is 0 Å². The number of nitrogens with one attached hydrogen (secondary N) is 2. The molecule has 3 atom stereocenters. The quantitative estimate of drug-likeness (QED) is 0.590. The Labute approximate surface area is 125 Å². The van der Waals surface area contributed by atoms with E-state index < -0.39 is 27.8 Å². The number of amides is 1. The summed E-state index contributed by atoms with van der Waals surface area (Å²) in [7, 11) is -3.38. The van der Waals surface area contributed by atoms with Crippen molar-refractivity contribution in [2.45, 2.75) is 33.1 Å². The van der Waals surface area contributed by atoms with Gasteiger partial charge in [-0.3, -0.25) is 9.59 Å². The molecule has 7 nitrogen and oxygen atoms in total. The maximum atomic E-state index is 12.1. The molecule has 0 saturated heterocycles. The minimum absolute atomic E-state index is 0.00615. The fourth-order valence-electron chi connectivity index (χ4n) is 2.77. The molecule has 21 heavy (non-hydrogen) atoms. The zero-order valence-corrected chi connectivity index (χ0v) is 13.3. The van der Waals surface area contributed by atoms with Gasteiger partial charge >= 0.3 is 5.97 Å². The standard InChI is InChI=1S/C13H24N2O5S/c1-3-9-7-10(11(8-9)13(17)18)12(16)14-5-6-21(19,20)15-4-2/h9-11,15H,3-8H2,1-2H3,(H,14,16)(H,17,18)/t9?,10-,11+/m0/s1. The molecule has 0 spiro atoms. The first-order valence-electron chi connectivity index (χ1n) is 7.28. The maximum Gasteiger partial charge on any atom is 0.307 e. The third kappa shape index (κ3) is 5.28. The fraction of sp³-hybridized carbons (Fsp3) is 0.846. The lowest BCUT2D eigenvalue weighted by Gasteiger charge is -2.15. The molecule has 0 aliphatic heterocycles. The molecule has 1 aliphatic carbocycles. The van der Waals surface area contributed by atoms with E-state index in [1.807, 2.05) is 6.92 Å². The molecule has 1 aliphatic rings. The Kier molecular flexibility index (Phi) is 6.60. The van der Waals surface area contributed by atoms with E-state index in [1.54, 1.807) is 6.92 Å². The molecule has 1 fully saturated rings. The molecule has 1 saturated carbocycles. The van der Waals surface area contributed by atoms with Gasteiger partial charge in [-0.05, 0) is 18.8 Å². The van der Waals surface area contributed by atoms with E-state index in [4.69, 9.17) is 0 Å². The van der Waals surface area contributed by atoms with Gasteiger partial charge in [-0.1, -0.05) is 20.3 Å². The number of carboxylic acids is 1. The van der Waals surface area contributed by atoms with E-state index in [9.17, 15) is 23.1 Å². The molecule has 8 heteroatoms. The highest BCUT2D eigenvalue weighted by molar-refractivity contribution is 7.89. The number of hydrogen-bond donors (Lipinski definition) is 3. The van der Waals surface area contributed by atoms with Crippen LogP contribution in [0.4, 0.5) is 0 Å². The molecule has 1 rings (SSSR count). The number of aliphatic carboxylic acids is 1. The third-order valence-electron chi connectivity index (χ3n) is 3.93. The molecule has 0 aromatic heterocycles. The second-order valence-corrected chi connectivity index (χ2v) is 7.33. The summed E-state index contributed by atoms with van der Waals surface area (Å²) in [6.45, 7) is 3.95. The van der Waals surface area contributed by atoms with Crippen molar-refractivity contribution in [3.63, 3.8) is 0 Å². The van der Waals surface area contributed by atoms with Gasteiger partial charge in [0, 0.05) is 13.1 Å². The summed E-state index contributed by atoms with van der Waals surface area (Å²) in [4.78, 5) is 23.3. The van der Waals surface area contributed by atoms with Crippen LogP contribution in [0.5, 0.6) is 0 Å². The van der Waals surface area contributed by atoms with E-state index in [-0.39, 0.29) is 24.1 Å². The monoisotopic (exact) mass is 320 g/mol. The lowest BCUT2D eigenvalue weighted by molar-refractivity contribution is -0.146. The molecule has 1 amide bonds. The van der Waals surface area contributed by atoms with E-state index in [0.29, 0.717) is 19.4 Å². The molecule has 122 valence electrons. The molecule has 1 unspecified atom stereocenters. The lowest BCUT2D eigenvalue weighted by atomic mass is 9.95. The van der Waals surface area contributed by atoms with Crippen molar-refractivity contribution in [3.05, 3.63) is 0 Å². The molecule has 0 radical (unpaired) electrons. The van der Waals surface area contributed by atoms with Crippen molar-refractivity contribution in [3.8, 4) is 0 Å². The second-order valence-electron chi connectivity index (χ2n) is 5.40. The predicted octanol–water partition coefficient (Wildman–Crippen LogP) is 0.179. The summed E-state index contributed by atoms with van der Waals surface area (Å²) in [5.74, 6) is -2.49.